The zero-order valence-electron chi connectivity index (χ0n) is 33.2. The summed E-state index contributed by atoms with van der Waals surface area (Å²) in [6, 6.07) is 80.9. The van der Waals surface area contributed by atoms with Crippen molar-refractivity contribution in [1.29, 1.82) is 0 Å². The lowest BCUT2D eigenvalue weighted by molar-refractivity contribution is 0.918. The van der Waals surface area contributed by atoms with Crippen molar-refractivity contribution in [3.63, 3.8) is 0 Å². The lowest BCUT2D eigenvalue weighted by Gasteiger charge is -2.12. The molecule has 0 bridgehead atoms. The van der Waals surface area contributed by atoms with Gasteiger partial charge in [-0.05, 0) is 81.2 Å². The van der Waals surface area contributed by atoms with Gasteiger partial charge in [-0.2, -0.15) is 5.10 Å². The molecule has 4 heteroatoms. The van der Waals surface area contributed by atoms with Crippen LogP contribution in [0.1, 0.15) is 0 Å². The smallest absolute Gasteiger partial charge is 0.160 e. The number of para-hydroxylation sites is 1. The number of nitrogens with zero attached hydrogens (tertiary/aromatic N) is 4. The molecule has 0 radical (unpaired) electrons. The molecule has 0 atom stereocenters. The summed E-state index contributed by atoms with van der Waals surface area (Å²) in [6.07, 6.45) is 0. The van der Waals surface area contributed by atoms with Crippen molar-refractivity contribution in [2.45, 2.75) is 0 Å². The van der Waals surface area contributed by atoms with Crippen molar-refractivity contribution in [2.75, 3.05) is 0 Å². The van der Waals surface area contributed by atoms with Gasteiger partial charge in [0.15, 0.2) is 5.82 Å². The van der Waals surface area contributed by atoms with Gasteiger partial charge in [0.05, 0.1) is 22.6 Å². The first-order valence-corrected chi connectivity index (χ1v) is 20.6. The predicted molar refractivity (Wildman–Crippen MR) is 252 cm³/mol. The molecule has 0 fully saturated rings. The molecule has 11 rings (SSSR count). The predicted octanol–water partition coefficient (Wildman–Crippen LogP) is 14.6. The van der Waals surface area contributed by atoms with Gasteiger partial charge in [-0.25, -0.2) is 14.6 Å². The average molecular weight is 779 g/mol. The number of fused-ring (bicyclic) bond motifs is 3. The highest BCUT2D eigenvalue weighted by Crippen LogP contribution is 2.42. The molecule has 2 aromatic heterocycles. The van der Waals surface area contributed by atoms with E-state index in [0.717, 1.165) is 94.7 Å². The van der Waals surface area contributed by atoms with E-state index >= 15 is 0 Å². The lowest BCUT2D eigenvalue weighted by Crippen LogP contribution is -1.97. The molecule has 4 nitrogen and oxygen atoms in total. The maximum Gasteiger partial charge on any atom is 0.160 e. The van der Waals surface area contributed by atoms with E-state index in [0.29, 0.717) is 5.82 Å². The second-order valence-corrected chi connectivity index (χ2v) is 15.3. The summed E-state index contributed by atoms with van der Waals surface area (Å²) in [5, 5.41) is 8.91. The van der Waals surface area contributed by atoms with E-state index in [4.69, 9.17) is 15.1 Å². The SMILES string of the molecule is c1ccc(-c2cccc(-c3cc(-c4cccc(-c5nn(-c6ccccc6)c6c5c(-c5ccccc5)cc5ccccc56)c4)nc(-c4cccc(-c5ccccc5)c4)n3)c2)cc1. The highest BCUT2D eigenvalue weighted by Gasteiger charge is 2.22. The third-order valence-electron chi connectivity index (χ3n) is 11.4. The van der Waals surface area contributed by atoms with Crippen molar-refractivity contribution < 1.29 is 0 Å². The van der Waals surface area contributed by atoms with Gasteiger partial charge in [0.1, 0.15) is 5.69 Å². The fraction of sp³-hybridized carbons (Fsp3) is 0. The van der Waals surface area contributed by atoms with Gasteiger partial charge in [0.25, 0.3) is 0 Å². The Hall–Kier alpha value is -8.21. The van der Waals surface area contributed by atoms with Crippen molar-refractivity contribution in [3.8, 4) is 84.2 Å². The maximum absolute atomic E-state index is 5.49. The van der Waals surface area contributed by atoms with Gasteiger partial charge >= 0.3 is 0 Å². The van der Waals surface area contributed by atoms with Crippen molar-refractivity contribution >= 4 is 21.7 Å². The summed E-state index contributed by atoms with van der Waals surface area (Å²) in [5.41, 5.74) is 15.5. The summed E-state index contributed by atoms with van der Waals surface area (Å²) < 4.78 is 2.12. The van der Waals surface area contributed by atoms with E-state index in [-0.39, 0.29) is 0 Å². The van der Waals surface area contributed by atoms with Crippen molar-refractivity contribution in [2.24, 2.45) is 0 Å². The zero-order valence-corrected chi connectivity index (χ0v) is 33.2. The average Bonchev–Trinajstić information content (AvgIpc) is 3.76. The maximum atomic E-state index is 5.49. The van der Waals surface area contributed by atoms with Gasteiger partial charge in [-0.1, -0.05) is 188 Å². The molecule has 11 aromatic rings. The molecule has 0 saturated carbocycles. The second kappa shape index (κ2) is 15.5. The van der Waals surface area contributed by atoms with Crippen LogP contribution in [0.5, 0.6) is 0 Å². The third-order valence-corrected chi connectivity index (χ3v) is 11.4. The summed E-state index contributed by atoms with van der Waals surface area (Å²) in [7, 11) is 0. The molecule has 0 aliphatic carbocycles. The molecule has 0 N–H and O–H groups in total. The number of aromatic nitrogens is 4. The fourth-order valence-electron chi connectivity index (χ4n) is 8.45. The second-order valence-electron chi connectivity index (χ2n) is 15.3. The molecule has 0 unspecified atom stereocenters. The minimum atomic E-state index is 0.664. The van der Waals surface area contributed by atoms with Crippen LogP contribution in [0.4, 0.5) is 0 Å². The normalized spacial score (nSPS) is 11.3. The summed E-state index contributed by atoms with van der Waals surface area (Å²) in [6.45, 7) is 0. The summed E-state index contributed by atoms with van der Waals surface area (Å²) >= 11 is 0. The van der Waals surface area contributed by atoms with E-state index in [9.17, 15) is 0 Å². The Bertz CT molecular complexity index is 3240. The fourth-order valence-corrected chi connectivity index (χ4v) is 8.45. The van der Waals surface area contributed by atoms with Crippen LogP contribution >= 0.6 is 0 Å². The van der Waals surface area contributed by atoms with Crippen LogP contribution in [0.3, 0.4) is 0 Å². The van der Waals surface area contributed by atoms with Gasteiger partial charge in [0, 0.05) is 33.0 Å². The molecule has 0 amide bonds. The topological polar surface area (TPSA) is 43.6 Å². The van der Waals surface area contributed by atoms with Crippen LogP contribution in [0.15, 0.2) is 231 Å². The van der Waals surface area contributed by atoms with E-state index in [1.807, 2.05) is 18.2 Å². The first kappa shape index (κ1) is 35.9. The molecule has 61 heavy (non-hydrogen) atoms. The number of rotatable bonds is 8. The van der Waals surface area contributed by atoms with Crippen LogP contribution in [-0.2, 0) is 0 Å². The first-order valence-electron chi connectivity index (χ1n) is 20.6. The Labute approximate surface area is 354 Å². The summed E-state index contributed by atoms with van der Waals surface area (Å²) in [4.78, 5) is 10.6. The minimum absolute atomic E-state index is 0.664. The quantitative estimate of drug-likeness (QED) is 0.154. The van der Waals surface area contributed by atoms with Gasteiger partial charge < -0.3 is 0 Å². The highest BCUT2D eigenvalue weighted by atomic mass is 15.3. The largest absolute Gasteiger partial charge is 0.232 e. The third kappa shape index (κ3) is 6.86. The molecular formula is C57H38N4. The van der Waals surface area contributed by atoms with Crippen molar-refractivity contribution in [3.05, 3.63) is 231 Å². The van der Waals surface area contributed by atoms with Gasteiger partial charge in [0.2, 0.25) is 0 Å². The van der Waals surface area contributed by atoms with E-state index in [1.165, 1.54) is 5.39 Å². The molecule has 286 valence electrons. The molecular weight excluding hydrogens is 741 g/mol. The summed E-state index contributed by atoms with van der Waals surface area (Å²) in [5.74, 6) is 0.664. The van der Waals surface area contributed by atoms with Crippen molar-refractivity contribution in [1.82, 2.24) is 19.7 Å². The minimum Gasteiger partial charge on any atom is -0.232 e. The monoisotopic (exact) mass is 778 g/mol. The van der Waals surface area contributed by atoms with Crippen LogP contribution < -0.4 is 0 Å². The Morgan fingerprint density at radius 1 is 0.328 bits per heavy atom. The highest BCUT2D eigenvalue weighted by molar-refractivity contribution is 6.17. The number of hydrogen-bond acceptors (Lipinski definition) is 3. The van der Waals surface area contributed by atoms with Crippen LogP contribution in [0.25, 0.3) is 106 Å². The lowest BCUT2D eigenvalue weighted by atomic mass is 9.93. The Balaban J connectivity index is 1.12. The Morgan fingerprint density at radius 2 is 0.787 bits per heavy atom. The molecule has 2 heterocycles. The van der Waals surface area contributed by atoms with Gasteiger partial charge in [-0.3, -0.25) is 0 Å². The van der Waals surface area contributed by atoms with E-state index < -0.39 is 0 Å². The van der Waals surface area contributed by atoms with E-state index in [1.54, 1.807) is 0 Å². The van der Waals surface area contributed by atoms with Crippen LogP contribution in [0.2, 0.25) is 0 Å². The molecule has 0 aliphatic rings. The molecule has 0 aliphatic heterocycles. The first-order chi connectivity index (χ1) is 30.2. The van der Waals surface area contributed by atoms with Gasteiger partial charge in [-0.15, -0.1) is 0 Å². The zero-order chi connectivity index (χ0) is 40.5. The standard InChI is InChI=1S/C57H38N4/c1-5-18-39(19-6-1)42-25-15-27-45(34-42)52-38-53(59-57(58-52)48-30-16-26-43(35-48)40-20-7-2-8-21-40)46-28-17-29-47(36-46)55-54-51(41-22-9-3-10-23-41)37-44-24-13-14-33-50(44)56(54)61(60-55)49-31-11-4-12-32-49/h1-38H. The Morgan fingerprint density at radius 3 is 1.41 bits per heavy atom. The molecule has 9 aromatic carbocycles. The Kier molecular flexibility index (Phi) is 9.14. The number of hydrogen-bond donors (Lipinski definition) is 0. The molecule has 0 spiro atoms. The molecule has 0 saturated heterocycles. The van der Waals surface area contributed by atoms with Crippen LogP contribution in [-0.4, -0.2) is 19.7 Å². The van der Waals surface area contributed by atoms with E-state index in [2.05, 4.69) is 217 Å². The number of benzene rings is 9. The van der Waals surface area contributed by atoms with Crippen LogP contribution in [0, 0.1) is 0 Å².